The summed E-state index contributed by atoms with van der Waals surface area (Å²) in [4.78, 5) is 28.2. The van der Waals surface area contributed by atoms with Crippen LogP contribution in [0.4, 0.5) is 5.69 Å². The molecule has 3 rings (SSSR count). The van der Waals surface area contributed by atoms with Crippen molar-refractivity contribution in [2.75, 3.05) is 17.1 Å². The van der Waals surface area contributed by atoms with Crippen molar-refractivity contribution in [2.45, 2.75) is 77.4 Å². The van der Waals surface area contributed by atoms with E-state index in [1.165, 1.54) is 17.0 Å². The number of carbonyl (C=O) groups excluding carboxylic acids is 2. The largest absolute Gasteiger partial charge is 0.352 e. The topological polar surface area (TPSA) is 86.8 Å². The van der Waals surface area contributed by atoms with Crippen LogP contribution >= 0.6 is 11.6 Å². The van der Waals surface area contributed by atoms with E-state index in [4.69, 9.17) is 11.6 Å². The van der Waals surface area contributed by atoms with Gasteiger partial charge in [0.2, 0.25) is 21.8 Å². The van der Waals surface area contributed by atoms with E-state index in [1.54, 1.807) is 36.1 Å². The van der Waals surface area contributed by atoms with E-state index < -0.39 is 16.1 Å². The van der Waals surface area contributed by atoms with Crippen LogP contribution in [0.2, 0.25) is 5.02 Å². The van der Waals surface area contributed by atoms with Gasteiger partial charge in [-0.25, -0.2) is 8.42 Å². The lowest BCUT2D eigenvalue weighted by Gasteiger charge is -2.31. The molecule has 1 aliphatic rings. The number of carbonyl (C=O) groups is 2. The number of benzene rings is 2. The van der Waals surface area contributed by atoms with Gasteiger partial charge >= 0.3 is 0 Å². The Morgan fingerprint density at radius 3 is 2.43 bits per heavy atom. The minimum absolute atomic E-state index is 0.111. The minimum Gasteiger partial charge on any atom is -0.352 e. The molecule has 2 amide bonds. The summed E-state index contributed by atoms with van der Waals surface area (Å²) in [7, 11) is -3.53. The molecule has 0 unspecified atom stereocenters. The number of halogens is 1. The molecule has 9 heteroatoms. The van der Waals surface area contributed by atoms with Gasteiger partial charge < -0.3 is 10.2 Å². The first-order valence-electron chi connectivity index (χ1n) is 12.9. The third-order valence-electron chi connectivity index (χ3n) is 6.90. The number of sulfonamides is 1. The van der Waals surface area contributed by atoms with Gasteiger partial charge in [0.1, 0.15) is 6.04 Å². The number of hydrogen-bond donors (Lipinski definition) is 1. The molecule has 1 aliphatic carbocycles. The Hall–Kier alpha value is -2.58. The zero-order valence-corrected chi connectivity index (χ0v) is 23.5. The average Bonchev–Trinajstić information content (AvgIpc) is 2.85. The first-order valence-corrected chi connectivity index (χ1v) is 15.2. The molecule has 1 atom stereocenters. The zero-order valence-electron chi connectivity index (χ0n) is 22.0. The van der Waals surface area contributed by atoms with E-state index in [0.717, 1.165) is 36.8 Å². The maximum atomic E-state index is 13.5. The lowest BCUT2D eigenvalue weighted by atomic mass is 9.95. The molecule has 0 aliphatic heterocycles. The fourth-order valence-corrected chi connectivity index (χ4v) is 6.04. The Morgan fingerprint density at radius 2 is 1.78 bits per heavy atom. The Bertz CT molecular complexity index is 1180. The number of nitrogens with one attached hydrogen (secondary N) is 1. The van der Waals surface area contributed by atoms with Crippen LogP contribution in [0.15, 0.2) is 48.5 Å². The third-order valence-corrected chi connectivity index (χ3v) is 8.31. The second-order valence-electron chi connectivity index (χ2n) is 9.90. The maximum absolute atomic E-state index is 13.5. The highest BCUT2D eigenvalue weighted by Crippen LogP contribution is 2.23. The highest BCUT2D eigenvalue weighted by Gasteiger charge is 2.28. The molecule has 0 aromatic heterocycles. The van der Waals surface area contributed by atoms with Gasteiger partial charge in [-0.3, -0.25) is 13.9 Å². The smallest absolute Gasteiger partial charge is 0.242 e. The molecule has 1 N–H and O–H groups in total. The van der Waals surface area contributed by atoms with Gasteiger partial charge in [-0.15, -0.1) is 0 Å². The van der Waals surface area contributed by atoms with Crippen molar-refractivity contribution in [2.24, 2.45) is 0 Å². The van der Waals surface area contributed by atoms with Crippen LogP contribution in [-0.4, -0.2) is 50.0 Å². The summed E-state index contributed by atoms with van der Waals surface area (Å²) in [6.07, 6.45) is 6.91. The van der Waals surface area contributed by atoms with Crippen LogP contribution in [0.25, 0.3) is 0 Å². The van der Waals surface area contributed by atoms with Crippen molar-refractivity contribution in [3.63, 3.8) is 0 Å². The van der Waals surface area contributed by atoms with Gasteiger partial charge in [0.05, 0.1) is 11.9 Å². The van der Waals surface area contributed by atoms with Crippen LogP contribution in [0, 0.1) is 6.92 Å². The third kappa shape index (κ3) is 8.47. The molecule has 0 saturated heterocycles. The molecule has 37 heavy (non-hydrogen) atoms. The number of para-hydroxylation sites is 1. The van der Waals surface area contributed by atoms with Crippen LogP contribution in [0.5, 0.6) is 0 Å². The summed E-state index contributed by atoms with van der Waals surface area (Å²) in [6, 6.07) is 14.0. The molecule has 0 heterocycles. The zero-order chi connectivity index (χ0) is 27.0. The average molecular weight is 548 g/mol. The molecule has 0 radical (unpaired) electrons. The molecule has 202 valence electrons. The van der Waals surface area contributed by atoms with Crippen LogP contribution in [0.1, 0.15) is 63.0 Å². The first-order chi connectivity index (χ1) is 17.6. The number of amides is 2. The van der Waals surface area contributed by atoms with E-state index in [9.17, 15) is 18.0 Å². The van der Waals surface area contributed by atoms with Gasteiger partial charge in [0.25, 0.3) is 0 Å². The fraction of sp³-hybridized carbons (Fsp3) is 0.500. The molecule has 2 aromatic rings. The second kappa shape index (κ2) is 13.3. The monoisotopic (exact) mass is 547 g/mol. The summed E-state index contributed by atoms with van der Waals surface area (Å²) in [5, 5.41) is 3.69. The molecule has 1 saturated carbocycles. The SMILES string of the molecule is Cc1ccccc1N(CCCC(=O)N(Cc1cccc(Cl)c1)[C@@H](C)C(=O)NC1CCCCC1)S(C)(=O)=O. The summed E-state index contributed by atoms with van der Waals surface area (Å²) >= 11 is 6.17. The van der Waals surface area contributed by atoms with Crippen molar-refractivity contribution in [1.82, 2.24) is 10.2 Å². The number of aryl methyl sites for hydroxylation is 1. The van der Waals surface area contributed by atoms with Crippen molar-refractivity contribution in [1.29, 1.82) is 0 Å². The highest BCUT2D eigenvalue weighted by molar-refractivity contribution is 7.92. The standard InChI is InChI=1S/C28H38ClN3O4S/c1-21-11-7-8-16-26(21)32(37(3,35)36)18-10-17-27(33)31(20-23-12-9-13-24(29)19-23)22(2)28(34)30-25-14-5-4-6-15-25/h7-9,11-13,16,19,22,25H,4-6,10,14-15,17-18,20H2,1-3H3,(H,30,34)/t22-/m0/s1. The number of anilines is 1. The van der Waals surface area contributed by atoms with Crippen molar-refractivity contribution < 1.29 is 18.0 Å². The second-order valence-corrected chi connectivity index (χ2v) is 12.2. The van der Waals surface area contributed by atoms with E-state index >= 15 is 0 Å². The van der Waals surface area contributed by atoms with E-state index in [0.29, 0.717) is 17.1 Å². The Kier molecular flexibility index (Phi) is 10.4. The fourth-order valence-electron chi connectivity index (χ4n) is 4.81. The van der Waals surface area contributed by atoms with Gasteiger partial charge in [0, 0.05) is 30.6 Å². The number of hydrogen-bond acceptors (Lipinski definition) is 4. The van der Waals surface area contributed by atoms with Gasteiger partial charge in [-0.1, -0.05) is 61.2 Å². The van der Waals surface area contributed by atoms with Gasteiger partial charge in [0.15, 0.2) is 0 Å². The Morgan fingerprint density at radius 1 is 1.08 bits per heavy atom. The molecule has 7 nitrogen and oxygen atoms in total. The van der Waals surface area contributed by atoms with Crippen molar-refractivity contribution in [3.8, 4) is 0 Å². The van der Waals surface area contributed by atoms with E-state index in [-0.39, 0.29) is 37.4 Å². The van der Waals surface area contributed by atoms with Crippen LogP contribution < -0.4 is 9.62 Å². The lowest BCUT2D eigenvalue weighted by molar-refractivity contribution is -0.141. The molecular weight excluding hydrogens is 510 g/mol. The summed E-state index contributed by atoms with van der Waals surface area (Å²) < 4.78 is 26.4. The van der Waals surface area contributed by atoms with Gasteiger partial charge in [-0.05, 0) is 62.4 Å². The minimum atomic E-state index is -3.53. The van der Waals surface area contributed by atoms with Crippen LogP contribution in [-0.2, 0) is 26.2 Å². The lowest BCUT2D eigenvalue weighted by Crippen LogP contribution is -2.50. The molecule has 2 aromatic carbocycles. The predicted octanol–water partition coefficient (Wildman–Crippen LogP) is 5.06. The summed E-state index contributed by atoms with van der Waals surface area (Å²) in [5.74, 6) is -0.371. The van der Waals surface area contributed by atoms with Crippen molar-refractivity contribution >= 4 is 39.1 Å². The number of nitrogens with zero attached hydrogens (tertiary/aromatic N) is 2. The molecular formula is C28H38ClN3O4S. The first kappa shape index (κ1) is 29.0. The van der Waals surface area contributed by atoms with E-state index in [1.807, 2.05) is 31.2 Å². The molecule has 0 spiro atoms. The predicted molar refractivity (Wildman–Crippen MR) is 149 cm³/mol. The number of rotatable bonds is 11. The highest BCUT2D eigenvalue weighted by atomic mass is 35.5. The molecule has 1 fully saturated rings. The summed E-state index contributed by atoms with van der Waals surface area (Å²) in [5.41, 5.74) is 2.28. The van der Waals surface area contributed by atoms with E-state index in [2.05, 4.69) is 5.32 Å². The summed E-state index contributed by atoms with van der Waals surface area (Å²) in [6.45, 7) is 4.02. The molecule has 0 bridgehead atoms. The Labute approximate surface area is 226 Å². The maximum Gasteiger partial charge on any atom is 0.242 e. The quantitative estimate of drug-likeness (QED) is 0.426. The van der Waals surface area contributed by atoms with Crippen molar-refractivity contribution in [3.05, 3.63) is 64.7 Å². The van der Waals surface area contributed by atoms with Gasteiger partial charge in [-0.2, -0.15) is 0 Å². The Balaban J connectivity index is 1.72. The normalized spacial score (nSPS) is 15.1. The van der Waals surface area contributed by atoms with Crippen LogP contribution in [0.3, 0.4) is 0 Å².